The van der Waals surface area contributed by atoms with E-state index >= 15 is 0 Å². The second-order valence-electron chi connectivity index (χ2n) is 3.93. The summed E-state index contributed by atoms with van der Waals surface area (Å²) in [6.45, 7) is 0. The van der Waals surface area contributed by atoms with Crippen LogP contribution >= 0.6 is 0 Å². The normalized spacial score (nSPS) is 15.4. The first-order valence-electron chi connectivity index (χ1n) is 5.46. The number of para-hydroxylation sites is 1. The van der Waals surface area contributed by atoms with Crippen molar-refractivity contribution in [3.63, 3.8) is 0 Å². The largest absolute Gasteiger partial charge is 0.327 e. The lowest BCUT2D eigenvalue weighted by Crippen LogP contribution is -2.21. The molecule has 7 heteroatoms. The Bertz CT molecular complexity index is 788. The fourth-order valence-corrected chi connectivity index (χ4v) is 1.85. The zero-order chi connectivity index (χ0) is 13.4. The number of amides is 1. The van der Waals surface area contributed by atoms with Crippen LogP contribution in [0.5, 0.6) is 0 Å². The Hall–Kier alpha value is -2.96. The molecule has 0 bridgehead atoms. The van der Waals surface area contributed by atoms with Gasteiger partial charge >= 0.3 is 5.69 Å². The molecule has 1 amide bonds. The number of hydrogen-bond donors (Lipinski definition) is 3. The number of aromatic nitrogens is 2. The van der Waals surface area contributed by atoms with Gasteiger partial charge in [-0.2, -0.15) is 0 Å². The Morgan fingerprint density at radius 2 is 1.79 bits per heavy atom. The Balaban J connectivity index is 2.16. The van der Waals surface area contributed by atoms with Crippen molar-refractivity contribution in [2.24, 2.45) is 4.99 Å². The van der Waals surface area contributed by atoms with E-state index < -0.39 is 11.2 Å². The summed E-state index contributed by atoms with van der Waals surface area (Å²) in [6, 6.07) is 8.16. The van der Waals surface area contributed by atoms with E-state index in [1.165, 1.54) is 0 Å². The van der Waals surface area contributed by atoms with Gasteiger partial charge in [-0.05, 0) is 6.07 Å². The van der Waals surface area contributed by atoms with Gasteiger partial charge < -0.3 is 5.32 Å². The third kappa shape index (κ3) is 1.97. The molecule has 1 aromatic heterocycles. The standard InChI is InChI=1S/C12H8N4O3/c17-9-5-8(15-12(19)16-9)14-10-6-3-1-2-4-7(6)13-11(10)18/h1-5H,(H3,13,14,15,16,17,18,19). The Morgan fingerprint density at radius 1 is 1.00 bits per heavy atom. The SMILES string of the molecule is O=C1Nc2ccccc2/C1=N\c1cc(=O)[nH]c(=O)[nH]1. The van der Waals surface area contributed by atoms with Gasteiger partial charge in [0, 0.05) is 11.6 Å². The first-order valence-corrected chi connectivity index (χ1v) is 5.46. The maximum Gasteiger partial charge on any atom is 0.327 e. The molecule has 0 saturated carbocycles. The summed E-state index contributed by atoms with van der Waals surface area (Å²) >= 11 is 0. The molecule has 1 aliphatic heterocycles. The molecule has 0 unspecified atom stereocenters. The van der Waals surface area contributed by atoms with Crippen molar-refractivity contribution in [2.75, 3.05) is 5.32 Å². The first kappa shape index (κ1) is 11.1. The quantitative estimate of drug-likeness (QED) is 0.675. The summed E-state index contributed by atoms with van der Waals surface area (Å²) in [6.07, 6.45) is 0. The highest BCUT2D eigenvalue weighted by atomic mass is 16.2. The molecule has 94 valence electrons. The predicted molar refractivity (Wildman–Crippen MR) is 69.0 cm³/mol. The fraction of sp³-hybridized carbons (Fsp3) is 0. The molecule has 0 saturated heterocycles. The van der Waals surface area contributed by atoms with Crippen LogP contribution in [0, 0.1) is 0 Å². The zero-order valence-corrected chi connectivity index (χ0v) is 9.56. The minimum absolute atomic E-state index is 0.0376. The maximum atomic E-state index is 11.8. The van der Waals surface area contributed by atoms with Crippen LogP contribution in [0.25, 0.3) is 0 Å². The minimum atomic E-state index is -0.668. The van der Waals surface area contributed by atoms with E-state index in [2.05, 4.69) is 15.3 Å². The summed E-state index contributed by atoms with van der Waals surface area (Å²) in [5.74, 6) is -0.335. The second kappa shape index (κ2) is 4.05. The molecule has 2 heterocycles. The van der Waals surface area contributed by atoms with Crippen molar-refractivity contribution in [3.05, 3.63) is 56.7 Å². The number of aliphatic imine (C=N–C) groups is 1. The molecule has 1 aromatic carbocycles. The van der Waals surface area contributed by atoms with Gasteiger partial charge in [0.2, 0.25) is 0 Å². The Kier molecular flexibility index (Phi) is 2.38. The molecular formula is C12H8N4O3. The predicted octanol–water partition coefficient (Wildman–Crippen LogP) is 0.136. The van der Waals surface area contributed by atoms with Crippen LogP contribution in [0.1, 0.15) is 5.56 Å². The summed E-state index contributed by atoms with van der Waals surface area (Å²) in [7, 11) is 0. The van der Waals surface area contributed by atoms with E-state index in [0.717, 1.165) is 6.07 Å². The zero-order valence-electron chi connectivity index (χ0n) is 9.56. The average molecular weight is 256 g/mol. The molecule has 3 rings (SSSR count). The van der Waals surface area contributed by atoms with Gasteiger partial charge in [-0.25, -0.2) is 9.79 Å². The summed E-state index contributed by atoms with van der Waals surface area (Å²) in [4.78, 5) is 42.5. The van der Waals surface area contributed by atoms with Crippen LogP contribution in [0.15, 0.2) is 44.9 Å². The third-order valence-corrected chi connectivity index (χ3v) is 2.62. The highest BCUT2D eigenvalue weighted by molar-refractivity contribution is 6.54. The number of carbonyl (C=O) groups is 1. The van der Waals surface area contributed by atoms with Gasteiger partial charge in [-0.3, -0.25) is 19.6 Å². The minimum Gasteiger partial charge on any atom is -0.320 e. The molecule has 0 spiro atoms. The van der Waals surface area contributed by atoms with E-state index in [1.54, 1.807) is 24.3 Å². The van der Waals surface area contributed by atoms with Gasteiger partial charge in [-0.15, -0.1) is 0 Å². The van der Waals surface area contributed by atoms with Crippen molar-refractivity contribution < 1.29 is 4.79 Å². The monoisotopic (exact) mass is 256 g/mol. The van der Waals surface area contributed by atoms with E-state index in [1.807, 2.05) is 4.98 Å². The number of aromatic amines is 2. The summed E-state index contributed by atoms with van der Waals surface area (Å²) < 4.78 is 0. The highest BCUT2D eigenvalue weighted by Crippen LogP contribution is 2.23. The van der Waals surface area contributed by atoms with Crippen molar-refractivity contribution in [1.29, 1.82) is 0 Å². The highest BCUT2D eigenvalue weighted by Gasteiger charge is 2.25. The maximum absolute atomic E-state index is 11.8. The molecule has 1 aliphatic rings. The number of rotatable bonds is 1. The number of nitrogens with zero attached hydrogens (tertiary/aromatic N) is 1. The van der Waals surface area contributed by atoms with Gasteiger partial charge in [-0.1, -0.05) is 18.2 Å². The Labute approximate surface area is 106 Å². The summed E-state index contributed by atoms with van der Waals surface area (Å²) in [5, 5.41) is 2.65. The molecule has 0 fully saturated rings. The molecule has 2 aromatic rings. The molecule has 0 atom stereocenters. The van der Waals surface area contributed by atoms with E-state index in [-0.39, 0.29) is 17.4 Å². The van der Waals surface area contributed by atoms with E-state index in [9.17, 15) is 14.4 Å². The number of carbonyl (C=O) groups excluding carboxylic acids is 1. The molecule has 3 N–H and O–H groups in total. The van der Waals surface area contributed by atoms with Crippen molar-refractivity contribution >= 4 is 23.1 Å². The molecule has 19 heavy (non-hydrogen) atoms. The first-order chi connectivity index (χ1) is 9.13. The number of benzene rings is 1. The number of H-pyrrole nitrogens is 2. The number of fused-ring (bicyclic) bond motifs is 1. The van der Waals surface area contributed by atoms with Gasteiger partial charge in [0.25, 0.3) is 11.5 Å². The van der Waals surface area contributed by atoms with Crippen molar-refractivity contribution in [1.82, 2.24) is 9.97 Å². The smallest absolute Gasteiger partial charge is 0.320 e. The van der Waals surface area contributed by atoms with Crippen LogP contribution in [0.3, 0.4) is 0 Å². The molecular weight excluding hydrogens is 248 g/mol. The van der Waals surface area contributed by atoms with Crippen LogP contribution in [-0.2, 0) is 4.79 Å². The third-order valence-electron chi connectivity index (χ3n) is 2.62. The number of hydrogen-bond acceptors (Lipinski definition) is 4. The van der Waals surface area contributed by atoms with Crippen molar-refractivity contribution in [2.45, 2.75) is 0 Å². The van der Waals surface area contributed by atoms with E-state index in [0.29, 0.717) is 11.3 Å². The lowest BCUT2D eigenvalue weighted by Gasteiger charge is -1.96. The Morgan fingerprint density at radius 3 is 2.58 bits per heavy atom. The van der Waals surface area contributed by atoms with E-state index in [4.69, 9.17) is 0 Å². The van der Waals surface area contributed by atoms with Crippen molar-refractivity contribution in [3.8, 4) is 0 Å². The lowest BCUT2D eigenvalue weighted by molar-refractivity contribution is -0.110. The summed E-state index contributed by atoms with van der Waals surface area (Å²) in [5.41, 5.74) is 0.206. The average Bonchev–Trinajstić information content (AvgIpc) is 2.65. The van der Waals surface area contributed by atoms with Crippen LogP contribution < -0.4 is 16.6 Å². The molecule has 0 aliphatic carbocycles. The van der Waals surface area contributed by atoms with Crippen LogP contribution in [0.4, 0.5) is 11.5 Å². The van der Waals surface area contributed by atoms with Crippen LogP contribution in [0.2, 0.25) is 0 Å². The second-order valence-corrected chi connectivity index (χ2v) is 3.93. The molecule has 7 nitrogen and oxygen atoms in total. The number of anilines is 1. The van der Waals surface area contributed by atoms with Gasteiger partial charge in [0.1, 0.15) is 11.5 Å². The topological polar surface area (TPSA) is 107 Å². The van der Waals surface area contributed by atoms with Gasteiger partial charge in [0.05, 0.1) is 5.69 Å². The van der Waals surface area contributed by atoms with Crippen LogP contribution in [-0.4, -0.2) is 21.6 Å². The lowest BCUT2D eigenvalue weighted by atomic mass is 10.1. The fourth-order valence-electron chi connectivity index (χ4n) is 1.85. The number of nitrogens with one attached hydrogen (secondary N) is 3. The molecule has 0 radical (unpaired) electrons. The van der Waals surface area contributed by atoms with Gasteiger partial charge in [0.15, 0.2) is 0 Å².